The molecule has 0 saturated carbocycles. The van der Waals surface area contributed by atoms with E-state index in [0.29, 0.717) is 5.56 Å². The minimum Gasteiger partial charge on any atom is -0.478 e. The maximum atomic E-state index is 10.6. The number of hydrogen-bond donors (Lipinski definition) is 1. The van der Waals surface area contributed by atoms with Crippen LogP contribution in [0.1, 0.15) is 10.4 Å². The van der Waals surface area contributed by atoms with E-state index >= 15 is 0 Å². The molecule has 0 amide bonds. The first kappa shape index (κ1) is 11.6. The lowest BCUT2D eigenvalue weighted by Gasteiger charge is -2.00. The fourth-order valence-electron chi connectivity index (χ4n) is 1.35. The molecule has 1 heterocycles. The summed E-state index contributed by atoms with van der Waals surface area (Å²) < 4.78 is 0. The lowest BCUT2D eigenvalue weighted by Crippen LogP contribution is -1.99. The molecule has 18 heavy (non-hydrogen) atoms. The van der Waals surface area contributed by atoms with Crippen LogP contribution in [0.5, 0.6) is 0 Å². The third kappa shape index (κ3) is 2.29. The van der Waals surface area contributed by atoms with Crippen LogP contribution < -0.4 is 0 Å². The van der Waals surface area contributed by atoms with E-state index in [1.807, 2.05) is 0 Å². The summed E-state index contributed by atoms with van der Waals surface area (Å²) in [4.78, 5) is 28.4. The van der Waals surface area contributed by atoms with Crippen LogP contribution in [0.2, 0.25) is 0 Å². The Labute approximate surface area is 101 Å². The van der Waals surface area contributed by atoms with E-state index in [1.165, 1.54) is 18.2 Å². The molecule has 0 spiro atoms. The van der Waals surface area contributed by atoms with Crippen LogP contribution >= 0.6 is 0 Å². The molecule has 0 aliphatic heterocycles. The van der Waals surface area contributed by atoms with Crippen molar-refractivity contribution in [1.29, 1.82) is 0 Å². The average molecular weight is 245 g/mol. The quantitative estimate of drug-likeness (QED) is 0.652. The number of aromatic nitrogens is 2. The Morgan fingerprint density at radius 3 is 2.50 bits per heavy atom. The van der Waals surface area contributed by atoms with Crippen LogP contribution in [0.25, 0.3) is 11.4 Å². The maximum Gasteiger partial charge on any atom is 0.338 e. The molecule has 1 aromatic carbocycles. The second-order valence-corrected chi connectivity index (χ2v) is 3.41. The predicted molar refractivity (Wildman–Crippen MR) is 61.1 cm³/mol. The number of rotatable bonds is 3. The van der Waals surface area contributed by atoms with E-state index in [9.17, 15) is 14.9 Å². The van der Waals surface area contributed by atoms with Gasteiger partial charge < -0.3 is 5.11 Å². The number of hydrogen-bond acceptors (Lipinski definition) is 5. The number of nitro benzene ring substituents is 1. The molecule has 0 unspecified atom stereocenters. The van der Waals surface area contributed by atoms with Crippen molar-refractivity contribution in [2.75, 3.05) is 0 Å². The molecular weight excluding hydrogens is 238 g/mol. The molecule has 0 fully saturated rings. The monoisotopic (exact) mass is 245 g/mol. The third-order valence-corrected chi connectivity index (χ3v) is 2.21. The summed E-state index contributed by atoms with van der Waals surface area (Å²) in [6, 6.07) is 5.82. The van der Waals surface area contributed by atoms with Crippen molar-refractivity contribution in [1.82, 2.24) is 9.97 Å². The maximum absolute atomic E-state index is 10.6. The molecule has 1 aromatic heterocycles. The van der Waals surface area contributed by atoms with Gasteiger partial charge in [-0.05, 0) is 0 Å². The fraction of sp³-hybridized carbons (Fsp3) is 0. The van der Waals surface area contributed by atoms with Crippen LogP contribution in [0.3, 0.4) is 0 Å². The van der Waals surface area contributed by atoms with Gasteiger partial charge in [-0.3, -0.25) is 10.1 Å². The van der Waals surface area contributed by atoms with E-state index in [0.717, 1.165) is 12.4 Å². The predicted octanol–water partition coefficient (Wildman–Crippen LogP) is 1.75. The van der Waals surface area contributed by atoms with Crippen LogP contribution in [0.15, 0.2) is 36.7 Å². The highest BCUT2D eigenvalue weighted by Crippen LogP contribution is 2.20. The van der Waals surface area contributed by atoms with Gasteiger partial charge in [0.05, 0.1) is 10.5 Å². The Bertz CT molecular complexity index is 610. The van der Waals surface area contributed by atoms with Gasteiger partial charge in [0.2, 0.25) is 0 Å². The summed E-state index contributed by atoms with van der Waals surface area (Å²) in [7, 11) is 0. The lowest BCUT2D eigenvalue weighted by molar-refractivity contribution is -0.384. The zero-order valence-electron chi connectivity index (χ0n) is 8.98. The molecule has 0 saturated heterocycles. The van der Waals surface area contributed by atoms with Gasteiger partial charge in [0.25, 0.3) is 5.69 Å². The number of carboxylic acids is 1. The number of nitrogens with zero attached hydrogens (tertiary/aromatic N) is 3. The van der Waals surface area contributed by atoms with Crippen molar-refractivity contribution in [3.63, 3.8) is 0 Å². The minimum atomic E-state index is -1.12. The summed E-state index contributed by atoms with van der Waals surface area (Å²) in [5.74, 6) is -0.885. The molecule has 0 radical (unpaired) electrons. The topological polar surface area (TPSA) is 106 Å². The molecule has 7 heteroatoms. The third-order valence-electron chi connectivity index (χ3n) is 2.21. The summed E-state index contributed by atoms with van der Waals surface area (Å²) in [5.41, 5.74) is 0.351. The van der Waals surface area contributed by atoms with Crippen molar-refractivity contribution in [2.45, 2.75) is 0 Å². The van der Waals surface area contributed by atoms with Gasteiger partial charge >= 0.3 is 5.97 Å². The van der Waals surface area contributed by atoms with Crippen LogP contribution in [0, 0.1) is 10.1 Å². The first-order valence-corrected chi connectivity index (χ1v) is 4.88. The molecule has 0 aliphatic carbocycles. The van der Waals surface area contributed by atoms with Crippen LogP contribution in [0.4, 0.5) is 5.69 Å². The normalized spacial score (nSPS) is 10.0. The van der Waals surface area contributed by atoms with Gasteiger partial charge in [-0.15, -0.1) is 0 Å². The number of nitro groups is 1. The SMILES string of the molecule is O=C(O)c1cnc(-c2cccc([N+](=O)[O-])c2)nc1. The fourth-order valence-corrected chi connectivity index (χ4v) is 1.35. The summed E-state index contributed by atoms with van der Waals surface area (Å²) in [6.45, 7) is 0. The van der Waals surface area contributed by atoms with Crippen molar-refractivity contribution >= 4 is 11.7 Å². The van der Waals surface area contributed by atoms with Crippen molar-refractivity contribution in [3.05, 3.63) is 52.3 Å². The Balaban J connectivity index is 2.39. The minimum absolute atomic E-state index is 0.0378. The molecule has 90 valence electrons. The molecule has 0 atom stereocenters. The van der Waals surface area contributed by atoms with Gasteiger partial charge in [-0.1, -0.05) is 12.1 Å². The van der Waals surface area contributed by atoms with E-state index in [4.69, 9.17) is 5.11 Å². The van der Waals surface area contributed by atoms with Crippen molar-refractivity contribution < 1.29 is 14.8 Å². The summed E-state index contributed by atoms with van der Waals surface area (Å²) in [6.07, 6.45) is 2.31. The van der Waals surface area contributed by atoms with E-state index in [1.54, 1.807) is 6.07 Å². The Morgan fingerprint density at radius 2 is 1.94 bits per heavy atom. The van der Waals surface area contributed by atoms with E-state index in [2.05, 4.69) is 9.97 Å². The van der Waals surface area contributed by atoms with Crippen LogP contribution in [-0.4, -0.2) is 26.0 Å². The largest absolute Gasteiger partial charge is 0.478 e. The van der Waals surface area contributed by atoms with Gasteiger partial charge in [0.1, 0.15) is 0 Å². The second kappa shape index (κ2) is 4.58. The first-order chi connectivity index (χ1) is 8.58. The summed E-state index contributed by atoms with van der Waals surface area (Å²) in [5, 5.41) is 19.3. The molecule has 2 rings (SSSR count). The molecule has 0 bridgehead atoms. The van der Waals surface area contributed by atoms with E-state index < -0.39 is 10.9 Å². The van der Waals surface area contributed by atoms with Gasteiger partial charge in [0, 0.05) is 30.1 Å². The Morgan fingerprint density at radius 1 is 1.28 bits per heavy atom. The number of carboxylic acid groups (broad SMARTS) is 1. The van der Waals surface area contributed by atoms with Crippen molar-refractivity contribution in [2.24, 2.45) is 0 Å². The smallest absolute Gasteiger partial charge is 0.338 e. The average Bonchev–Trinajstić information content (AvgIpc) is 2.39. The standard InChI is InChI=1S/C11H7N3O4/c15-11(16)8-5-12-10(13-6-8)7-2-1-3-9(4-7)14(17)18/h1-6H,(H,15,16). The van der Waals surface area contributed by atoms with Gasteiger partial charge in [0.15, 0.2) is 5.82 Å². The molecule has 1 N–H and O–H groups in total. The summed E-state index contributed by atoms with van der Waals surface area (Å²) >= 11 is 0. The zero-order valence-corrected chi connectivity index (χ0v) is 8.98. The number of carbonyl (C=O) groups is 1. The first-order valence-electron chi connectivity index (χ1n) is 4.88. The highest BCUT2D eigenvalue weighted by atomic mass is 16.6. The highest BCUT2D eigenvalue weighted by Gasteiger charge is 2.10. The zero-order chi connectivity index (χ0) is 13.1. The number of aromatic carboxylic acids is 1. The second-order valence-electron chi connectivity index (χ2n) is 3.41. The van der Waals surface area contributed by atoms with Gasteiger partial charge in [-0.25, -0.2) is 14.8 Å². The highest BCUT2D eigenvalue weighted by molar-refractivity contribution is 5.86. The van der Waals surface area contributed by atoms with E-state index in [-0.39, 0.29) is 17.1 Å². The number of non-ortho nitro benzene ring substituents is 1. The van der Waals surface area contributed by atoms with Crippen LogP contribution in [-0.2, 0) is 0 Å². The number of benzene rings is 1. The molecule has 2 aromatic rings. The van der Waals surface area contributed by atoms with Crippen molar-refractivity contribution in [3.8, 4) is 11.4 Å². The molecule has 7 nitrogen and oxygen atoms in total. The van der Waals surface area contributed by atoms with Gasteiger partial charge in [-0.2, -0.15) is 0 Å². The Kier molecular flexibility index (Phi) is 2.96. The lowest BCUT2D eigenvalue weighted by atomic mass is 10.2. The molecular formula is C11H7N3O4. The molecule has 0 aliphatic rings. The Hall–Kier alpha value is -2.83.